The first-order chi connectivity index (χ1) is 10.5. The summed E-state index contributed by atoms with van der Waals surface area (Å²) in [5.74, 6) is 0.768. The number of nitrogens with zero attached hydrogens (tertiary/aromatic N) is 2. The molecule has 1 aromatic heterocycles. The van der Waals surface area contributed by atoms with Crippen LogP contribution < -0.4 is 9.47 Å². The van der Waals surface area contributed by atoms with Gasteiger partial charge in [-0.3, -0.25) is 5.10 Å². The SMILES string of the molecule is Cc1nc(S/C(=C\c2cc3c(cc2Br)OCO3)C(=O)O)n[nH]1. The van der Waals surface area contributed by atoms with Crippen LogP contribution in [0.25, 0.3) is 6.08 Å². The number of carbonyl (C=O) groups is 1. The topological polar surface area (TPSA) is 97.3 Å². The Bertz CT molecular complexity index is 775. The van der Waals surface area contributed by atoms with Gasteiger partial charge in [0.05, 0.1) is 0 Å². The molecule has 7 nitrogen and oxygen atoms in total. The summed E-state index contributed by atoms with van der Waals surface area (Å²) >= 11 is 4.37. The molecule has 2 heterocycles. The number of hydrogen-bond donors (Lipinski definition) is 2. The first-order valence-electron chi connectivity index (χ1n) is 6.14. The van der Waals surface area contributed by atoms with Gasteiger partial charge in [-0.25, -0.2) is 9.78 Å². The zero-order valence-corrected chi connectivity index (χ0v) is 13.7. The molecule has 0 fully saturated rings. The van der Waals surface area contributed by atoms with E-state index in [4.69, 9.17) is 9.47 Å². The number of aryl methyl sites for hydroxylation is 1. The second kappa shape index (κ2) is 6.01. The normalized spacial score (nSPS) is 13.5. The lowest BCUT2D eigenvalue weighted by molar-refractivity contribution is -0.131. The third-order valence-corrected chi connectivity index (χ3v) is 4.33. The maximum absolute atomic E-state index is 11.4. The third kappa shape index (κ3) is 3.09. The van der Waals surface area contributed by atoms with Crippen LogP contribution in [0.2, 0.25) is 0 Å². The van der Waals surface area contributed by atoms with E-state index in [1.807, 2.05) is 0 Å². The number of H-pyrrole nitrogens is 1. The van der Waals surface area contributed by atoms with Gasteiger partial charge in [0.1, 0.15) is 10.7 Å². The lowest BCUT2D eigenvalue weighted by Crippen LogP contribution is -1.97. The number of aromatic amines is 1. The molecule has 114 valence electrons. The number of hydrogen-bond acceptors (Lipinski definition) is 6. The number of carboxylic acid groups (broad SMARTS) is 1. The van der Waals surface area contributed by atoms with Gasteiger partial charge in [0, 0.05) is 4.47 Å². The minimum absolute atomic E-state index is 0.0959. The Labute approximate surface area is 137 Å². The van der Waals surface area contributed by atoms with E-state index >= 15 is 0 Å². The summed E-state index contributed by atoms with van der Waals surface area (Å²) in [5.41, 5.74) is 0.668. The maximum atomic E-state index is 11.4. The van der Waals surface area contributed by atoms with Crippen molar-refractivity contribution in [3.05, 3.63) is 32.9 Å². The summed E-state index contributed by atoms with van der Waals surface area (Å²) in [7, 11) is 0. The van der Waals surface area contributed by atoms with Crippen molar-refractivity contribution >= 4 is 39.7 Å². The zero-order chi connectivity index (χ0) is 15.7. The van der Waals surface area contributed by atoms with Crippen molar-refractivity contribution in [2.45, 2.75) is 12.1 Å². The Balaban J connectivity index is 1.94. The monoisotopic (exact) mass is 383 g/mol. The molecule has 1 aliphatic rings. The highest BCUT2D eigenvalue weighted by atomic mass is 79.9. The smallest absolute Gasteiger partial charge is 0.342 e. The van der Waals surface area contributed by atoms with Crippen LogP contribution in [-0.2, 0) is 4.79 Å². The van der Waals surface area contributed by atoms with Gasteiger partial charge in [-0.15, -0.1) is 5.10 Å². The molecule has 0 unspecified atom stereocenters. The molecule has 0 amide bonds. The number of rotatable bonds is 4. The van der Waals surface area contributed by atoms with Gasteiger partial charge in [-0.1, -0.05) is 15.9 Å². The fourth-order valence-corrected chi connectivity index (χ4v) is 2.97. The molecule has 0 saturated carbocycles. The highest BCUT2D eigenvalue weighted by Gasteiger charge is 2.18. The van der Waals surface area contributed by atoms with Crippen molar-refractivity contribution in [2.24, 2.45) is 0 Å². The van der Waals surface area contributed by atoms with Crippen LogP contribution in [0, 0.1) is 6.92 Å². The van der Waals surface area contributed by atoms with E-state index in [9.17, 15) is 9.90 Å². The summed E-state index contributed by atoms with van der Waals surface area (Å²) in [6.45, 7) is 1.90. The van der Waals surface area contributed by atoms with E-state index < -0.39 is 5.97 Å². The molecule has 2 aromatic rings. The van der Waals surface area contributed by atoms with Crippen molar-refractivity contribution in [3.63, 3.8) is 0 Å². The molecule has 1 aliphatic heterocycles. The number of ether oxygens (including phenoxy) is 2. The van der Waals surface area contributed by atoms with Gasteiger partial charge < -0.3 is 14.6 Å². The largest absolute Gasteiger partial charge is 0.477 e. The van der Waals surface area contributed by atoms with Crippen LogP contribution in [-0.4, -0.2) is 33.1 Å². The number of fused-ring (bicyclic) bond motifs is 1. The van der Waals surface area contributed by atoms with Gasteiger partial charge in [-0.2, -0.15) is 0 Å². The molecular formula is C13H10BrN3O4S. The summed E-state index contributed by atoms with van der Waals surface area (Å²) in [4.78, 5) is 15.6. The number of carboxylic acids is 1. The molecule has 3 rings (SSSR count). The zero-order valence-electron chi connectivity index (χ0n) is 11.3. The van der Waals surface area contributed by atoms with Crippen LogP contribution >= 0.6 is 27.7 Å². The standard InChI is InChI=1S/C13H10BrN3O4S/c1-6-15-13(17-16-6)22-11(12(18)19)3-7-2-9-10(4-8(7)14)21-5-20-9/h2-4H,5H2,1H3,(H,18,19)(H,15,16,17)/b11-3-. The molecule has 0 saturated heterocycles. The summed E-state index contributed by atoms with van der Waals surface area (Å²) in [6, 6.07) is 3.47. The van der Waals surface area contributed by atoms with E-state index in [1.165, 1.54) is 6.08 Å². The molecule has 0 aliphatic carbocycles. The highest BCUT2D eigenvalue weighted by molar-refractivity contribution is 9.10. The van der Waals surface area contributed by atoms with Crippen LogP contribution in [0.1, 0.15) is 11.4 Å². The average molecular weight is 384 g/mol. The van der Waals surface area contributed by atoms with Gasteiger partial charge in [-0.05, 0) is 42.5 Å². The Morgan fingerprint density at radius 2 is 2.18 bits per heavy atom. The van der Waals surface area contributed by atoms with Crippen LogP contribution in [0.5, 0.6) is 11.5 Å². The predicted octanol–water partition coefficient (Wildman–Crippen LogP) is 2.82. The number of thioether (sulfide) groups is 1. The minimum atomic E-state index is -1.06. The average Bonchev–Trinajstić information content (AvgIpc) is 3.06. The maximum Gasteiger partial charge on any atom is 0.342 e. The second-order valence-corrected chi connectivity index (χ2v) is 6.21. The number of aromatic nitrogens is 3. The number of nitrogens with one attached hydrogen (secondary N) is 1. The lowest BCUT2D eigenvalue weighted by atomic mass is 10.2. The van der Waals surface area contributed by atoms with E-state index in [-0.39, 0.29) is 11.7 Å². The molecule has 0 bridgehead atoms. The van der Waals surface area contributed by atoms with Gasteiger partial charge in [0.15, 0.2) is 11.5 Å². The highest BCUT2D eigenvalue weighted by Crippen LogP contribution is 2.38. The van der Waals surface area contributed by atoms with Crippen LogP contribution in [0.15, 0.2) is 26.7 Å². The quantitative estimate of drug-likeness (QED) is 0.618. The van der Waals surface area contributed by atoms with Gasteiger partial charge >= 0.3 is 5.97 Å². The molecule has 9 heteroatoms. The molecule has 0 atom stereocenters. The van der Waals surface area contributed by atoms with E-state index in [0.717, 1.165) is 11.8 Å². The van der Waals surface area contributed by atoms with Crippen molar-refractivity contribution in [1.82, 2.24) is 15.2 Å². The lowest BCUT2D eigenvalue weighted by Gasteiger charge is -2.04. The molecule has 1 aromatic carbocycles. The Morgan fingerprint density at radius 1 is 1.45 bits per heavy atom. The van der Waals surface area contributed by atoms with Crippen molar-refractivity contribution in [3.8, 4) is 11.5 Å². The molecule has 0 spiro atoms. The van der Waals surface area contributed by atoms with Crippen LogP contribution in [0.4, 0.5) is 0 Å². The Morgan fingerprint density at radius 3 is 2.82 bits per heavy atom. The summed E-state index contributed by atoms with van der Waals surface area (Å²) < 4.78 is 11.3. The predicted molar refractivity (Wildman–Crippen MR) is 82.9 cm³/mol. The van der Waals surface area contributed by atoms with E-state index in [0.29, 0.717) is 32.5 Å². The van der Waals surface area contributed by atoms with E-state index in [1.54, 1.807) is 19.1 Å². The molecule has 2 N–H and O–H groups in total. The molecular weight excluding hydrogens is 374 g/mol. The molecule has 22 heavy (non-hydrogen) atoms. The summed E-state index contributed by atoms with van der Waals surface area (Å²) in [5, 5.41) is 16.3. The van der Waals surface area contributed by atoms with Crippen molar-refractivity contribution < 1.29 is 19.4 Å². The first-order valence-corrected chi connectivity index (χ1v) is 7.75. The van der Waals surface area contributed by atoms with Crippen molar-refractivity contribution in [1.29, 1.82) is 0 Å². The fraction of sp³-hybridized carbons (Fsp3) is 0.154. The molecule has 0 radical (unpaired) electrons. The second-order valence-electron chi connectivity index (χ2n) is 4.35. The Hall–Kier alpha value is -2.00. The van der Waals surface area contributed by atoms with Crippen LogP contribution in [0.3, 0.4) is 0 Å². The van der Waals surface area contributed by atoms with Crippen molar-refractivity contribution in [2.75, 3.05) is 6.79 Å². The van der Waals surface area contributed by atoms with E-state index in [2.05, 4.69) is 31.1 Å². The number of benzene rings is 1. The summed E-state index contributed by atoms with van der Waals surface area (Å²) in [6.07, 6.45) is 1.53. The van der Waals surface area contributed by atoms with Gasteiger partial charge in [0.25, 0.3) is 0 Å². The fourth-order valence-electron chi connectivity index (χ4n) is 1.79. The first kappa shape index (κ1) is 14.9. The third-order valence-electron chi connectivity index (χ3n) is 2.77. The Kier molecular flexibility index (Phi) is 4.08. The minimum Gasteiger partial charge on any atom is -0.477 e. The van der Waals surface area contributed by atoms with Gasteiger partial charge in [0.2, 0.25) is 11.9 Å². The number of halogens is 1. The number of aliphatic carboxylic acids is 1.